The van der Waals surface area contributed by atoms with Crippen molar-refractivity contribution in [2.75, 3.05) is 6.54 Å². The second kappa shape index (κ2) is 13.4. The summed E-state index contributed by atoms with van der Waals surface area (Å²) in [7, 11) is 0. The van der Waals surface area contributed by atoms with Gasteiger partial charge >= 0.3 is 0 Å². The first-order chi connectivity index (χ1) is 17.7. The van der Waals surface area contributed by atoms with Crippen molar-refractivity contribution in [2.24, 2.45) is 16.8 Å². The van der Waals surface area contributed by atoms with Gasteiger partial charge in [0, 0.05) is 30.6 Å². The molecule has 4 rings (SSSR count). The van der Waals surface area contributed by atoms with E-state index in [0.29, 0.717) is 18.3 Å². The third kappa shape index (κ3) is 7.10. The van der Waals surface area contributed by atoms with E-state index < -0.39 is 0 Å². The maximum absolute atomic E-state index is 8.96. The van der Waals surface area contributed by atoms with Gasteiger partial charge in [-0.1, -0.05) is 67.9 Å². The standard InChI is InChI=1S/C33H43N3/c1-3-27-13-15-28(16-14-27)10-5-4-6-22-35-32-11-7-9-26(2)12-18-31(32)29-17-19-33-30(25-29)20-24-36(33)23-8-21-34/h7,11,13,15,18-20,24-26,29H,3-6,8-10,12,14,16-17,22-23H2,1-2H3/b11-7-,31-18+,35-32?. The number of aromatic nitrogens is 1. The number of nitriles is 1. The van der Waals surface area contributed by atoms with Gasteiger partial charge in [0.15, 0.2) is 0 Å². The number of fused-ring (bicyclic) bond motifs is 1. The van der Waals surface area contributed by atoms with Crippen LogP contribution in [0.4, 0.5) is 0 Å². The molecule has 3 heteroatoms. The van der Waals surface area contributed by atoms with Gasteiger partial charge in [0.25, 0.3) is 0 Å². The van der Waals surface area contributed by atoms with Crippen LogP contribution >= 0.6 is 0 Å². The van der Waals surface area contributed by atoms with Gasteiger partial charge in [0.2, 0.25) is 0 Å². The van der Waals surface area contributed by atoms with Crippen LogP contribution in [0.25, 0.3) is 12.2 Å². The molecule has 0 radical (unpaired) electrons. The number of hydrogen-bond donors (Lipinski definition) is 0. The summed E-state index contributed by atoms with van der Waals surface area (Å²) in [5.74, 6) is 1.04. The van der Waals surface area contributed by atoms with Gasteiger partial charge < -0.3 is 4.57 Å². The normalized spacial score (nSPS) is 25.1. The first-order valence-corrected chi connectivity index (χ1v) is 14.2. The molecule has 3 aliphatic rings. The van der Waals surface area contributed by atoms with E-state index >= 15 is 0 Å². The zero-order valence-corrected chi connectivity index (χ0v) is 22.4. The summed E-state index contributed by atoms with van der Waals surface area (Å²) < 4.78 is 2.22. The molecule has 3 nitrogen and oxygen atoms in total. The molecule has 190 valence electrons. The van der Waals surface area contributed by atoms with Gasteiger partial charge in [0.05, 0.1) is 18.2 Å². The van der Waals surface area contributed by atoms with Crippen molar-refractivity contribution in [1.82, 2.24) is 4.57 Å². The maximum Gasteiger partial charge on any atom is 0.0640 e. The third-order valence-electron chi connectivity index (χ3n) is 7.91. The van der Waals surface area contributed by atoms with Crippen molar-refractivity contribution < 1.29 is 0 Å². The van der Waals surface area contributed by atoms with E-state index in [2.05, 4.69) is 79.3 Å². The predicted octanol–water partition coefficient (Wildman–Crippen LogP) is 6.95. The Morgan fingerprint density at radius 1 is 1.06 bits per heavy atom. The maximum atomic E-state index is 8.96. The second-order valence-electron chi connectivity index (χ2n) is 10.7. The van der Waals surface area contributed by atoms with Gasteiger partial charge in [-0.25, -0.2) is 0 Å². The Labute approximate surface area is 218 Å². The molecule has 0 saturated carbocycles. The highest BCUT2D eigenvalue weighted by Gasteiger charge is 2.19. The largest absolute Gasteiger partial charge is 0.347 e. The predicted molar refractivity (Wildman–Crippen MR) is 153 cm³/mol. The number of rotatable bonds is 10. The minimum Gasteiger partial charge on any atom is -0.347 e. The number of unbranched alkanes of at least 4 members (excludes halogenated alkanes) is 2. The van der Waals surface area contributed by atoms with Crippen molar-refractivity contribution in [3.8, 4) is 6.07 Å². The minimum atomic E-state index is 0.373. The third-order valence-corrected chi connectivity index (χ3v) is 7.91. The summed E-state index contributed by atoms with van der Waals surface area (Å²) in [5, 5.41) is 11.5. The van der Waals surface area contributed by atoms with Crippen molar-refractivity contribution in [3.63, 3.8) is 0 Å². The Hall–Kier alpha value is -2.86. The monoisotopic (exact) mass is 481 g/mol. The second-order valence-corrected chi connectivity index (χ2v) is 10.7. The van der Waals surface area contributed by atoms with E-state index in [-0.39, 0.29) is 0 Å². The van der Waals surface area contributed by atoms with Crippen LogP contribution in [0.3, 0.4) is 0 Å². The molecule has 2 unspecified atom stereocenters. The molecule has 3 aliphatic carbocycles. The highest BCUT2D eigenvalue weighted by Crippen LogP contribution is 2.27. The topological polar surface area (TPSA) is 41.1 Å². The molecule has 0 bridgehead atoms. The van der Waals surface area contributed by atoms with E-state index in [4.69, 9.17) is 10.3 Å². The molecule has 0 aromatic carbocycles. The molecule has 1 aromatic rings. The van der Waals surface area contributed by atoms with Crippen LogP contribution in [-0.4, -0.2) is 16.8 Å². The van der Waals surface area contributed by atoms with Gasteiger partial charge in [-0.15, -0.1) is 0 Å². The van der Waals surface area contributed by atoms with E-state index in [1.807, 2.05) is 0 Å². The molecular weight excluding hydrogens is 438 g/mol. The SMILES string of the molecule is CCC1=CC=C(CCCCCN=C2/C=C\CC(C)C/C=C/2C2C=c3ccn(CCC#N)c3=CC2)CC1. The summed E-state index contributed by atoms with van der Waals surface area (Å²) in [4.78, 5) is 5.14. The fourth-order valence-electron chi connectivity index (χ4n) is 5.57. The van der Waals surface area contributed by atoms with E-state index in [1.54, 1.807) is 11.1 Å². The fourth-order valence-corrected chi connectivity index (χ4v) is 5.57. The average Bonchev–Trinajstić information content (AvgIpc) is 3.30. The van der Waals surface area contributed by atoms with Crippen LogP contribution in [0.15, 0.2) is 64.4 Å². The lowest BCUT2D eigenvalue weighted by atomic mass is 9.85. The molecule has 0 N–H and O–H groups in total. The molecule has 2 atom stereocenters. The Morgan fingerprint density at radius 2 is 1.92 bits per heavy atom. The molecule has 1 heterocycles. The van der Waals surface area contributed by atoms with E-state index in [0.717, 1.165) is 38.8 Å². The summed E-state index contributed by atoms with van der Waals surface area (Å²) in [6.07, 6.45) is 31.2. The first-order valence-electron chi connectivity index (χ1n) is 14.2. The van der Waals surface area contributed by atoms with Gasteiger partial charge in [-0.05, 0) is 86.6 Å². The zero-order valence-electron chi connectivity index (χ0n) is 22.4. The summed E-state index contributed by atoms with van der Waals surface area (Å²) >= 11 is 0. The number of aliphatic imine (C=N–C) groups is 1. The number of hydrogen-bond acceptors (Lipinski definition) is 2. The summed E-state index contributed by atoms with van der Waals surface area (Å²) in [6.45, 7) is 6.28. The lowest BCUT2D eigenvalue weighted by Gasteiger charge is -2.21. The Kier molecular flexibility index (Phi) is 9.79. The van der Waals surface area contributed by atoms with Crippen LogP contribution in [0.2, 0.25) is 0 Å². The first kappa shape index (κ1) is 26.2. The molecule has 36 heavy (non-hydrogen) atoms. The lowest BCUT2D eigenvalue weighted by Crippen LogP contribution is -2.33. The Morgan fingerprint density at radius 3 is 2.72 bits per heavy atom. The summed E-state index contributed by atoms with van der Waals surface area (Å²) in [5.41, 5.74) is 5.82. The van der Waals surface area contributed by atoms with Crippen LogP contribution < -0.4 is 10.6 Å². The highest BCUT2D eigenvalue weighted by atomic mass is 14.9. The van der Waals surface area contributed by atoms with Crippen LogP contribution in [0.5, 0.6) is 0 Å². The fraction of sp³-hybridized carbons (Fsp3) is 0.515. The molecule has 0 spiro atoms. The van der Waals surface area contributed by atoms with Gasteiger partial charge in [0.1, 0.15) is 0 Å². The zero-order chi connectivity index (χ0) is 25.2. The van der Waals surface area contributed by atoms with Crippen molar-refractivity contribution in [2.45, 2.75) is 91.0 Å². The van der Waals surface area contributed by atoms with Crippen LogP contribution in [0.1, 0.15) is 84.5 Å². The van der Waals surface area contributed by atoms with E-state index in [9.17, 15) is 0 Å². The highest BCUT2D eigenvalue weighted by molar-refractivity contribution is 6.09. The molecule has 0 aliphatic heterocycles. The smallest absolute Gasteiger partial charge is 0.0640 e. The lowest BCUT2D eigenvalue weighted by molar-refractivity contribution is 0.598. The Balaban J connectivity index is 1.38. The number of allylic oxidation sites excluding steroid dienone is 8. The van der Waals surface area contributed by atoms with E-state index in [1.165, 1.54) is 60.4 Å². The van der Waals surface area contributed by atoms with Gasteiger partial charge in [-0.3, -0.25) is 4.99 Å². The molecule has 0 amide bonds. The summed E-state index contributed by atoms with van der Waals surface area (Å²) in [6, 6.07) is 4.47. The molecular formula is C33H43N3. The van der Waals surface area contributed by atoms with Crippen LogP contribution in [0, 0.1) is 23.2 Å². The average molecular weight is 482 g/mol. The van der Waals surface area contributed by atoms with Crippen LogP contribution in [-0.2, 0) is 6.54 Å². The van der Waals surface area contributed by atoms with Gasteiger partial charge in [-0.2, -0.15) is 5.26 Å². The van der Waals surface area contributed by atoms with Crippen molar-refractivity contribution in [3.05, 3.63) is 69.9 Å². The van der Waals surface area contributed by atoms with Crippen molar-refractivity contribution in [1.29, 1.82) is 5.26 Å². The number of nitrogens with zero attached hydrogens (tertiary/aromatic N) is 3. The molecule has 0 saturated heterocycles. The Bertz CT molecular complexity index is 1210. The van der Waals surface area contributed by atoms with Crippen molar-refractivity contribution >= 4 is 17.9 Å². The quantitative estimate of drug-likeness (QED) is 0.333. The molecule has 1 aromatic heterocycles. The minimum absolute atomic E-state index is 0.373. The molecule has 0 fully saturated rings. The number of aryl methyl sites for hydroxylation is 1.